The van der Waals surface area contributed by atoms with Gasteiger partial charge in [0, 0.05) is 6.61 Å². The van der Waals surface area contributed by atoms with Crippen LogP contribution in [0.2, 0.25) is 0 Å². The van der Waals surface area contributed by atoms with Crippen LogP contribution in [-0.2, 0) is 23.7 Å². The molecule has 0 saturated carbocycles. The maximum absolute atomic E-state index is 11.5. The van der Waals surface area contributed by atoms with Gasteiger partial charge in [-0.3, -0.25) is 4.79 Å². The molecule has 6 nitrogen and oxygen atoms in total. The van der Waals surface area contributed by atoms with E-state index in [9.17, 15) is 9.28 Å². The Morgan fingerprint density at radius 2 is 1.26 bits per heavy atom. The zero-order chi connectivity index (χ0) is 14.2. The zero-order valence-corrected chi connectivity index (χ0v) is 11.5. The van der Waals surface area contributed by atoms with Crippen molar-refractivity contribution in [2.45, 2.75) is 19.8 Å². The van der Waals surface area contributed by atoms with E-state index in [0.29, 0.717) is 39.6 Å². The summed E-state index contributed by atoms with van der Waals surface area (Å²) in [6.45, 7) is 5.97. The molecule has 0 bridgehead atoms. The van der Waals surface area contributed by atoms with Gasteiger partial charge in [-0.1, -0.05) is 6.92 Å². The molecule has 0 aliphatic rings. The van der Waals surface area contributed by atoms with Crippen molar-refractivity contribution >= 4 is 5.91 Å². The van der Waals surface area contributed by atoms with Gasteiger partial charge in [0.25, 0.3) is 0 Å². The van der Waals surface area contributed by atoms with Crippen molar-refractivity contribution in [1.82, 2.24) is 5.54 Å². The van der Waals surface area contributed by atoms with E-state index in [1.165, 1.54) is 0 Å². The summed E-state index contributed by atoms with van der Waals surface area (Å²) in [5.74, 6) is -0.681. The molecule has 0 radical (unpaired) electrons. The highest BCUT2D eigenvalue weighted by atomic mass is 19.2. The molecule has 0 aromatic carbocycles. The monoisotopic (exact) mass is 281 g/mol. The molecule has 0 atom stereocenters. The zero-order valence-electron chi connectivity index (χ0n) is 11.5. The Labute approximate surface area is 113 Å². The first-order valence-electron chi connectivity index (χ1n) is 6.51. The first-order chi connectivity index (χ1) is 9.31. The number of hydrogen-bond donors (Lipinski definition) is 1. The van der Waals surface area contributed by atoms with Crippen LogP contribution in [0.5, 0.6) is 0 Å². The molecule has 0 unspecified atom stereocenters. The first-order valence-corrected chi connectivity index (χ1v) is 6.51. The molecule has 1 amide bonds. The van der Waals surface area contributed by atoms with Gasteiger partial charge >= 0.3 is 0 Å². The fourth-order valence-corrected chi connectivity index (χ4v) is 1.12. The third-order valence-electron chi connectivity index (χ3n) is 2.04. The standard InChI is InChI=1S/C12H24FNO5/c1-2-4-16-6-8-18-10-11-19-9-7-17-5-3-12(15)14-13/h2-11H2,1H3,(H,14,15). The quantitative estimate of drug-likeness (QED) is 0.378. The molecule has 19 heavy (non-hydrogen) atoms. The number of nitrogens with one attached hydrogen (secondary N) is 1. The lowest BCUT2D eigenvalue weighted by Crippen LogP contribution is -2.17. The van der Waals surface area contributed by atoms with E-state index in [2.05, 4.69) is 6.92 Å². The van der Waals surface area contributed by atoms with E-state index in [0.717, 1.165) is 18.6 Å². The number of rotatable bonds is 14. The van der Waals surface area contributed by atoms with Crippen LogP contribution in [0, 0.1) is 0 Å². The Hall–Kier alpha value is -0.760. The molecular weight excluding hydrogens is 257 g/mol. The molecule has 0 rings (SSSR count). The summed E-state index contributed by atoms with van der Waals surface area (Å²) < 4.78 is 32.3. The number of halogens is 1. The van der Waals surface area contributed by atoms with E-state index in [-0.39, 0.29) is 13.0 Å². The van der Waals surface area contributed by atoms with Gasteiger partial charge in [-0.05, 0) is 6.42 Å². The van der Waals surface area contributed by atoms with E-state index in [1.807, 2.05) is 0 Å². The molecule has 0 aliphatic heterocycles. The second kappa shape index (κ2) is 15.3. The third-order valence-corrected chi connectivity index (χ3v) is 2.04. The van der Waals surface area contributed by atoms with Crippen LogP contribution in [0.4, 0.5) is 4.48 Å². The van der Waals surface area contributed by atoms with Crippen LogP contribution < -0.4 is 5.54 Å². The summed E-state index contributed by atoms with van der Waals surface area (Å²) in [5, 5.41) is 0. The van der Waals surface area contributed by atoms with E-state index in [1.54, 1.807) is 0 Å². The van der Waals surface area contributed by atoms with Gasteiger partial charge < -0.3 is 18.9 Å². The Bertz CT molecular complexity index is 207. The van der Waals surface area contributed by atoms with Gasteiger partial charge in [-0.2, -0.15) is 5.54 Å². The summed E-state index contributed by atoms with van der Waals surface area (Å²) >= 11 is 0. The summed E-state index contributed by atoms with van der Waals surface area (Å²) in [5.41, 5.74) is 1.03. The van der Waals surface area contributed by atoms with Gasteiger partial charge in [0.05, 0.1) is 52.7 Å². The van der Waals surface area contributed by atoms with Gasteiger partial charge in [0.2, 0.25) is 5.91 Å². The van der Waals surface area contributed by atoms with Crippen molar-refractivity contribution in [3.8, 4) is 0 Å². The van der Waals surface area contributed by atoms with Crippen molar-refractivity contribution in [2.75, 3.05) is 52.9 Å². The largest absolute Gasteiger partial charge is 0.379 e. The van der Waals surface area contributed by atoms with Crippen molar-refractivity contribution < 1.29 is 28.2 Å². The molecule has 0 aliphatic carbocycles. The van der Waals surface area contributed by atoms with E-state index >= 15 is 0 Å². The molecule has 0 heterocycles. The number of carbonyl (C=O) groups is 1. The Morgan fingerprint density at radius 1 is 0.842 bits per heavy atom. The molecule has 1 N–H and O–H groups in total. The van der Waals surface area contributed by atoms with Crippen LogP contribution >= 0.6 is 0 Å². The normalized spacial score (nSPS) is 10.6. The summed E-state index contributed by atoms with van der Waals surface area (Å²) in [4.78, 5) is 10.5. The van der Waals surface area contributed by atoms with E-state index in [4.69, 9.17) is 18.9 Å². The predicted molar refractivity (Wildman–Crippen MR) is 67.4 cm³/mol. The molecule has 7 heteroatoms. The SMILES string of the molecule is CCCOCCOCCOCCOCCC(=O)NF. The highest BCUT2D eigenvalue weighted by Crippen LogP contribution is 1.86. The Kier molecular flexibility index (Phi) is 14.7. The fourth-order valence-electron chi connectivity index (χ4n) is 1.12. The van der Waals surface area contributed by atoms with E-state index < -0.39 is 5.91 Å². The number of amides is 1. The second-order valence-electron chi connectivity index (χ2n) is 3.72. The molecule has 0 spiro atoms. The Morgan fingerprint density at radius 3 is 1.68 bits per heavy atom. The topological polar surface area (TPSA) is 66.0 Å². The van der Waals surface area contributed by atoms with Crippen LogP contribution in [0.25, 0.3) is 0 Å². The maximum atomic E-state index is 11.5. The molecule has 0 saturated heterocycles. The molecule has 0 fully saturated rings. The lowest BCUT2D eigenvalue weighted by molar-refractivity contribution is -0.126. The minimum atomic E-state index is -0.681. The minimum Gasteiger partial charge on any atom is -0.379 e. The minimum absolute atomic E-state index is 0.0113. The summed E-state index contributed by atoms with van der Waals surface area (Å²) in [6, 6.07) is 0. The number of hydrogen-bond acceptors (Lipinski definition) is 5. The lowest BCUT2D eigenvalue weighted by Gasteiger charge is -2.06. The van der Waals surface area contributed by atoms with Crippen LogP contribution in [0.15, 0.2) is 0 Å². The van der Waals surface area contributed by atoms with Crippen molar-refractivity contribution in [3.05, 3.63) is 0 Å². The maximum Gasteiger partial charge on any atom is 0.249 e. The van der Waals surface area contributed by atoms with Crippen molar-refractivity contribution in [2.24, 2.45) is 0 Å². The fraction of sp³-hybridized carbons (Fsp3) is 0.917. The summed E-state index contributed by atoms with van der Waals surface area (Å²) in [6.07, 6.45) is 1.02. The van der Waals surface area contributed by atoms with Crippen LogP contribution in [-0.4, -0.2) is 58.8 Å². The lowest BCUT2D eigenvalue weighted by atomic mass is 10.4. The number of ether oxygens (including phenoxy) is 4. The number of carbonyl (C=O) groups excluding carboxylic acids is 1. The van der Waals surface area contributed by atoms with Gasteiger partial charge in [0.15, 0.2) is 0 Å². The first kappa shape index (κ1) is 18.2. The smallest absolute Gasteiger partial charge is 0.249 e. The average molecular weight is 281 g/mol. The highest BCUT2D eigenvalue weighted by Gasteiger charge is 1.98. The molecule has 0 aromatic rings. The van der Waals surface area contributed by atoms with Gasteiger partial charge in [-0.15, -0.1) is 4.48 Å². The van der Waals surface area contributed by atoms with Crippen LogP contribution in [0.3, 0.4) is 0 Å². The predicted octanol–water partition coefficient (Wildman–Crippen LogP) is 0.854. The van der Waals surface area contributed by atoms with Gasteiger partial charge in [-0.25, -0.2) is 0 Å². The third kappa shape index (κ3) is 15.2. The van der Waals surface area contributed by atoms with Gasteiger partial charge in [0.1, 0.15) is 0 Å². The van der Waals surface area contributed by atoms with Crippen molar-refractivity contribution in [1.29, 1.82) is 0 Å². The Balaban J connectivity index is 2.97. The van der Waals surface area contributed by atoms with Crippen molar-refractivity contribution in [3.63, 3.8) is 0 Å². The molecular formula is C12H24FNO5. The molecule has 0 aromatic heterocycles. The molecule has 114 valence electrons. The average Bonchev–Trinajstić information content (AvgIpc) is 2.43. The highest BCUT2D eigenvalue weighted by molar-refractivity contribution is 5.74. The summed E-state index contributed by atoms with van der Waals surface area (Å²) in [7, 11) is 0. The van der Waals surface area contributed by atoms with Crippen LogP contribution in [0.1, 0.15) is 19.8 Å². The second-order valence-corrected chi connectivity index (χ2v) is 3.72.